The van der Waals surface area contributed by atoms with E-state index in [0.717, 1.165) is 0 Å². The van der Waals surface area contributed by atoms with Crippen LogP contribution in [0, 0.1) is 11.8 Å². The summed E-state index contributed by atoms with van der Waals surface area (Å²) in [6.07, 6.45) is 0.542. The Bertz CT molecular complexity index is 496. The Morgan fingerprint density at radius 1 is 0.880 bits per heavy atom. The largest absolute Gasteiger partial charge is 0.481 e. The van der Waals surface area contributed by atoms with E-state index in [1.165, 1.54) is 0 Å². The zero-order chi connectivity index (χ0) is 19.7. The molecule has 0 bridgehead atoms. The Morgan fingerprint density at radius 3 is 1.72 bits per heavy atom. The zero-order valence-electron chi connectivity index (χ0n) is 15.1. The SMILES string of the molecule is CC[C@H](C)[C@H](NC(=O)[C@@H](NC(=O)[C@@H](N)CC(=O)O)[C@@H](C)CC)C(=O)O. The first-order valence-corrected chi connectivity index (χ1v) is 8.35. The normalized spacial score (nSPS) is 16.8. The van der Waals surface area contributed by atoms with Gasteiger partial charge in [0.2, 0.25) is 11.8 Å². The molecule has 0 spiro atoms. The number of hydrogen-bond acceptors (Lipinski definition) is 5. The lowest BCUT2D eigenvalue weighted by Gasteiger charge is -2.28. The molecule has 0 aliphatic heterocycles. The smallest absolute Gasteiger partial charge is 0.326 e. The number of amides is 2. The molecule has 0 fully saturated rings. The topological polar surface area (TPSA) is 159 Å². The number of aliphatic carboxylic acids is 2. The molecule has 0 radical (unpaired) electrons. The van der Waals surface area contributed by atoms with E-state index in [-0.39, 0.29) is 11.8 Å². The Kier molecular flexibility index (Phi) is 9.73. The molecule has 0 aromatic rings. The van der Waals surface area contributed by atoms with Gasteiger partial charge in [-0.25, -0.2) is 4.79 Å². The third kappa shape index (κ3) is 7.51. The van der Waals surface area contributed by atoms with Gasteiger partial charge in [0.1, 0.15) is 12.1 Å². The second kappa shape index (κ2) is 10.7. The number of hydrogen-bond donors (Lipinski definition) is 5. The molecule has 0 heterocycles. The van der Waals surface area contributed by atoms with E-state index in [1.54, 1.807) is 13.8 Å². The third-order valence-corrected chi connectivity index (χ3v) is 4.30. The van der Waals surface area contributed by atoms with Crippen molar-refractivity contribution in [1.29, 1.82) is 0 Å². The summed E-state index contributed by atoms with van der Waals surface area (Å²) in [7, 11) is 0. The summed E-state index contributed by atoms with van der Waals surface area (Å²) >= 11 is 0. The van der Waals surface area contributed by atoms with Crippen molar-refractivity contribution >= 4 is 23.8 Å². The highest BCUT2D eigenvalue weighted by Gasteiger charge is 2.32. The molecular weight excluding hydrogens is 330 g/mol. The van der Waals surface area contributed by atoms with Crippen LogP contribution in [0.3, 0.4) is 0 Å². The van der Waals surface area contributed by atoms with E-state index in [9.17, 15) is 24.3 Å². The van der Waals surface area contributed by atoms with Crippen LogP contribution in [0.1, 0.15) is 47.0 Å². The second-order valence-electron chi connectivity index (χ2n) is 6.29. The second-order valence-corrected chi connectivity index (χ2v) is 6.29. The fourth-order valence-corrected chi connectivity index (χ4v) is 2.17. The number of rotatable bonds is 11. The van der Waals surface area contributed by atoms with Gasteiger partial charge in [0.15, 0.2) is 0 Å². The summed E-state index contributed by atoms with van der Waals surface area (Å²) < 4.78 is 0. The van der Waals surface area contributed by atoms with E-state index in [1.807, 2.05) is 13.8 Å². The van der Waals surface area contributed by atoms with Crippen LogP contribution in [-0.4, -0.2) is 52.1 Å². The maximum absolute atomic E-state index is 12.5. The molecule has 0 saturated heterocycles. The number of carboxylic acids is 2. The maximum Gasteiger partial charge on any atom is 0.326 e. The molecule has 0 unspecified atom stereocenters. The van der Waals surface area contributed by atoms with Crippen molar-refractivity contribution in [2.75, 3.05) is 0 Å². The van der Waals surface area contributed by atoms with Crippen molar-refractivity contribution in [3.63, 3.8) is 0 Å². The summed E-state index contributed by atoms with van der Waals surface area (Å²) in [5.41, 5.74) is 5.51. The van der Waals surface area contributed by atoms with Gasteiger partial charge in [-0.3, -0.25) is 14.4 Å². The minimum absolute atomic E-state index is 0.285. The van der Waals surface area contributed by atoms with Crippen LogP contribution in [0.25, 0.3) is 0 Å². The van der Waals surface area contributed by atoms with Gasteiger partial charge in [0.25, 0.3) is 0 Å². The quantitative estimate of drug-likeness (QED) is 0.345. The predicted molar refractivity (Wildman–Crippen MR) is 90.6 cm³/mol. The van der Waals surface area contributed by atoms with Gasteiger partial charge >= 0.3 is 11.9 Å². The molecule has 9 nitrogen and oxygen atoms in total. The highest BCUT2D eigenvalue weighted by atomic mass is 16.4. The molecule has 6 N–H and O–H groups in total. The van der Waals surface area contributed by atoms with E-state index in [0.29, 0.717) is 12.8 Å². The Morgan fingerprint density at radius 2 is 1.32 bits per heavy atom. The minimum Gasteiger partial charge on any atom is -0.481 e. The summed E-state index contributed by atoms with van der Waals surface area (Å²) in [4.78, 5) is 46.5. The van der Waals surface area contributed by atoms with Crippen molar-refractivity contribution in [3.05, 3.63) is 0 Å². The highest BCUT2D eigenvalue weighted by molar-refractivity contribution is 5.93. The van der Waals surface area contributed by atoms with Crippen LogP contribution in [0.2, 0.25) is 0 Å². The van der Waals surface area contributed by atoms with Crippen LogP contribution in [0.5, 0.6) is 0 Å². The fourth-order valence-electron chi connectivity index (χ4n) is 2.17. The molecule has 0 aliphatic carbocycles. The number of carbonyl (C=O) groups is 4. The third-order valence-electron chi connectivity index (χ3n) is 4.30. The molecule has 25 heavy (non-hydrogen) atoms. The summed E-state index contributed by atoms with van der Waals surface area (Å²) in [6, 6.07) is -3.36. The van der Waals surface area contributed by atoms with Crippen LogP contribution < -0.4 is 16.4 Å². The first kappa shape index (κ1) is 22.8. The van der Waals surface area contributed by atoms with Gasteiger partial charge in [0, 0.05) is 0 Å². The van der Waals surface area contributed by atoms with Gasteiger partial charge < -0.3 is 26.6 Å². The Hall–Kier alpha value is -2.16. The van der Waals surface area contributed by atoms with Crippen molar-refractivity contribution in [1.82, 2.24) is 10.6 Å². The number of nitrogens with one attached hydrogen (secondary N) is 2. The van der Waals surface area contributed by atoms with Crippen molar-refractivity contribution in [3.8, 4) is 0 Å². The van der Waals surface area contributed by atoms with Gasteiger partial charge in [0.05, 0.1) is 12.5 Å². The molecule has 0 aromatic carbocycles. The summed E-state index contributed by atoms with van der Waals surface area (Å²) in [6.45, 7) is 7.06. The van der Waals surface area contributed by atoms with Crippen molar-refractivity contribution < 1.29 is 29.4 Å². The van der Waals surface area contributed by atoms with Crippen LogP contribution in [0.15, 0.2) is 0 Å². The molecule has 0 rings (SSSR count). The van der Waals surface area contributed by atoms with E-state index < -0.39 is 48.3 Å². The van der Waals surface area contributed by atoms with Crippen LogP contribution in [-0.2, 0) is 19.2 Å². The Labute approximate surface area is 147 Å². The highest BCUT2D eigenvalue weighted by Crippen LogP contribution is 2.12. The molecule has 2 amide bonds. The number of carboxylic acid groups (broad SMARTS) is 2. The molecule has 5 atom stereocenters. The van der Waals surface area contributed by atoms with E-state index in [4.69, 9.17) is 10.8 Å². The lowest BCUT2D eigenvalue weighted by atomic mass is 9.95. The summed E-state index contributed by atoms with van der Waals surface area (Å²) in [5, 5.41) is 22.9. The number of nitrogens with two attached hydrogens (primary N) is 1. The summed E-state index contributed by atoms with van der Waals surface area (Å²) in [5.74, 6) is -4.35. The van der Waals surface area contributed by atoms with Gasteiger partial charge in [-0.15, -0.1) is 0 Å². The van der Waals surface area contributed by atoms with E-state index >= 15 is 0 Å². The minimum atomic E-state index is -1.29. The molecule has 0 aliphatic rings. The molecule has 0 saturated carbocycles. The molecule has 144 valence electrons. The average Bonchev–Trinajstić information content (AvgIpc) is 2.54. The van der Waals surface area contributed by atoms with Crippen molar-refractivity contribution in [2.24, 2.45) is 17.6 Å². The first-order chi connectivity index (χ1) is 11.5. The Balaban J connectivity index is 5.19. The fraction of sp³-hybridized carbons (Fsp3) is 0.750. The lowest BCUT2D eigenvalue weighted by Crippen LogP contribution is -2.57. The van der Waals surface area contributed by atoms with Crippen molar-refractivity contribution in [2.45, 2.75) is 65.1 Å². The first-order valence-electron chi connectivity index (χ1n) is 8.35. The molecule has 9 heteroatoms. The number of carbonyl (C=O) groups excluding carboxylic acids is 2. The zero-order valence-corrected chi connectivity index (χ0v) is 15.1. The molecule has 0 aromatic heterocycles. The standard InChI is InChI=1S/C16H29N3O6/c1-5-8(3)12(18-14(22)10(17)7-11(20)21)15(23)19-13(16(24)25)9(4)6-2/h8-10,12-13H,5-7,17H2,1-4H3,(H,18,22)(H,19,23)(H,20,21)(H,24,25)/t8-,9-,10-,12-,13-/m0/s1. The lowest BCUT2D eigenvalue weighted by molar-refractivity contribution is -0.144. The van der Waals surface area contributed by atoms with E-state index in [2.05, 4.69) is 10.6 Å². The molecular formula is C16H29N3O6. The van der Waals surface area contributed by atoms with Gasteiger partial charge in [-0.1, -0.05) is 40.5 Å². The maximum atomic E-state index is 12.5. The van der Waals surface area contributed by atoms with Gasteiger partial charge in [-0.05, 0) is 11.8 Å². The monoisotopic (exact) mass is 359 g/mol. The van der Waals surface area contributed by atoms with Gasteiger partial charge in [-0.2, -0.15) is 0 Å². The van der Waals surface area contributed by atoms with Crippen LogP contribution >= 0.6 is 0 Å². The van der Waals surface area contributed by atoms with Crippen LogP contribution in [0.4, 0.5) is 0 Å². The average molecular weight is 359 g/mol. The predicted octanol–water partition coefficient (Wildman–Crippen LogP) is -0.0652.